The molecule has 0 spiro atoms. The summed E-state index contributed by atoms with van der Waals surface area (Å²) in [7, 11) is 1.63. The summed E-state index contributed by atoms with van der Waals surface area (Å²) in [6, 6.07) is 9.41. The summed E-state index contributed by atoms with van der Waals surface area (Å²) < 4.78 is 15.8. The number of aryl methyl sites for hydroxylation is 1. The lowest BCUT2D eigenvalue weighted by Crippen LogP contribution is -1.89. The first-order chi connectivity index (χ1) is 9.70. The quantitative estimate of drug-likeness (QED) is 0.788. The van der Waals surface area contributed by atoms with Gasteiger partial charge in [-0.05, 0) is 30.7 Å². The number of hydrogen-bond acceptors (Lipinski definition) is 5. The first kappa shape index (κ1) is 12.3. The van der Waals surface area contributed by atoms with Gasteiger partial charge in [-0.1, -0.05) is 17.3 Å². The van der Waals surface area contributed by atoms with Crippen molar-refractivity contribution in [3.05, 3.63) is 42.4 Å². The first-order valence-corrected chi connectivity index (χ1v) is 6.14. The van der Waals surface area contributed by atoms with Crippen LogP contribution in [0.2, 0.25) is 0 Å². The summed E-state index contributed by atoms with van der Waals surface area (Å²) in [5, 5.41) is 3.86. The fraction of sp³-hybridized carbons (Fsp3) is 0.133. The fourth-order valence-corrected chi connectivity index (χ4v) is 2.14. The van der Waals surface area contributed by atoms with Crippen molar-refractivity contribution in [1.82, 2.24) is 5.16 Å². The Balaban J connectivity index is 2.13. The van der Waals surface area contributed by atoms with Crippen molar-refractivity contribution in [2.75, 3.05) is 12.8 Å². The van der Waals surface area contributed by atoms with Crippen molar-refractivity contribution in [3.63, 3.8) is 0 Å². The standard InChI is InChI=1S/C15H14N2O3/c1-9-12(7-8-19-9)14-13(15(16)17-20-14)10-3-5-11(18-2)6-4-10/h3-8H,1-2H3,(H2,16,17). The van der Waals surface area contributed by atoms with Gasteiger partial charge in [-0.25, -0.2) is 0 Å². The van der Waals surface area contributed by atoms with Gasteiger partial charge in [-0.15, -0.1) is 0 Å². The highest BCUT2D eigenvalue weighted by Crippen LogP contribution is 2.38. The van der Waals surface area contributed by atoms with Crippen LogP contribution < -0.4 is 10.5 Å². The Labute approximate surface area is 115 Å². The van der Waals surface area contributed by atoms with Gasteiger partial charge in [0.15, 0.2) is 11.6 Å². The van der Waals surface area contributed by atoms with Crippen LogP contribution in [-0.2, 0) is 0 Å². The summed E-state index contributed by atoms with van der Waals surface area (Å²) in [5.74, 6) is 2.51. The Kier molecular flexibility index (Phi) is 2.95. The van der Waals surface area contributed by atoms with Crippen LogP contribution in [0.15, 0.2) is 45.5 Å². The average Bonchev–Trinajstić information content (AvgIpc) is 3.05. The number of rotatable bonds is 3. The van der Waals surface area contributed by atoms with E-state index in [1.165, 1.54) is 0 Å². The minimum absolute atomic E-state index is 0.353. The molecule has 2 N–H and O–H groups in total. The number of nitrogens with zero attached hydrogens (tertiary/aromatic N) is 1. The fourth-order valence-electron chi connectivity index (χ4n) is 2.14. The highest BCUT2D eigenvalue weighted by Gasteiger charge is 2.20. The number of hydrogen-bond donors (Lipinski definition) is 1. The molecule has 0 bridgehead atoms. The zero-order chi connectivity index (χ0) is 14.1. The topological polar surface area (TPSA) is 74.4 Å². The van der Waals surface area contributed by atoms with Crippen LogP contribution in [0.3, 0.4) is 0 Å². The van der Waals surface area contributed by atoms with E-state index in [1.54, 1.807) is 13.4 Å². The number of ether oxygens (including phenoxy) is 1. The zero-order valence-electron chi connectivity index (χ0n) is 11.2. The van der Waals surface area contributed by atoms with Crippen molar-refractivity contribution in [2.24, 2.45) is 0 Å². The molecule has 20 heavy (non-hydrogen) atoms. The molecule has 2 heterocycles. The van der Waals surface area contributed by atoms with Crippen LogP contribution in [0, 0.1) is 6.92 Å². The molecule has 0 aliphatic carbocycles. The number of furan rings is 1. The summed E-state index contributed by atoms with van der Waals surface area (Å²) in [6.45, 7) is 1.87. The number of methoxy groups -OCH3 is 1. The van der Waals surface area contributed by atoms with E-state index in [2.05, 4.69) is 5.16 Å². The van der Waals surface area contributed by atoms with E-state index in [1.807, 2.05) is 37.3 Å². The van der Waals surface area contributed by atoms with E-state index < -0.39 is 0 Å². The van der Waals surface area contributed by atoms with Crippen molar-refractivity contribution in [3.8, 4) is 28.2 Å². The number of nitrogen functional groups attached to an aromatic ring is 1. The molecule has 102 valence electrons. The Morgan fingerprint density at radius 3 is 2.50 bits per heavy atom. The molecule has 0 radical (unpaired) electrons. The van der Waals surface area contributed by atoms with Crippen LogP contribution in [0.1, 0.15) is 5.76 Å². The molecule has 0 aliphatic heterocycles. The van der Waals surface area contributed by atoms with Gasteiger partial charge >= 0.3 is 0 Å². The molecule has 0 atom stereocenters. The third-order valence-corrected chi connectivity index (χ3v) is 3.20. The Hall–Kier alpha value is -2.69. The number of anilines is 1. The average molecular weight is 270 g/mol. The van der Waals surface area contributed by atoms with Crippen molar-refractivity contribution < 1.29 is 13.7 Å². The number of benzene rings is 1. The minimum Gasteiger partial charge on any atom is -0.497 e. The van der Waals surface area contributed by atoms with E-state index in [0.717, 1.165) is 28.2 Å². The maximum Gasteiger partial charge on any atom is 0.180 e. The van der Waals surface area contributed by atoms with E-state index in [9.17, 15) is 0 Å². The molecule has 2 aromatic heterocycles. The molecule has 3 rings (SSSR count). The van der Waals surface area contributed by atoms with E-state index in [4.69, 9.17) is 19.4 Å². The maximum atomic E-state index is 5.93. The maximum absolute atomic E-state index is 5.93. The largest absolute Gasteiger partial charge is 0.497 e. The molecule has 3 aromatic rings. The second-order valence-corrected chi connectivity index (χ2v) is 4.39. The van der Waals surface area contributed by atoms with Gasteiger partial charge in [0.05, 0.1) is 24.5 Å². The monoisotopic (exact) mass is 270 g/mol. The van der Waals surface area contributed by atoms with Gasteiger partial charge in [0, 0.05) is 0 Å². The highest BCUT2D eigenvalue weighted by molar-refractivity contribution is 5.87. The van der Waals surface area contributed by atoms with Crippen LogP contribution in [0.5, 0.6) is 5.75 Å². The Morgan fingerprint density at radius 2 is 1.90 bits per heavy atom. The molecule has 0 fully saturated rings. The van der Waals surface area contributed by atoms with Gasteiger partial charge < -0.3 is 19.4 Å². The molecular formula is C15H14N2O3. The highest BCUT2D eigenvalue weighted by atomic mass is 16.5. The third-order valence-electron chi connectivity index (χ3n) is 3.20. The van der Waals surface area contributed by atoms with Gasteiger partial charge in [0.25, 0.3) is 0 Å². The molecule has 0 saturated heterocycles. The van der Waals surface area contributed by atoms with E-state index >= 15 is 0 Å². The summed E-state index contributed by atoms with van der Waals surface area (Å²) in [4.78, 5) is 0. The molecular weight excluding hydrogens is 256 g/mol. The molecule has 1 aromatic carbocycles. The number of nitrogens with two attached hydrogens (primary N) is 1. The lowest BCUT2D eigenvalue weighted by atomic mass is 10.0. The van der Waals surface area contributed by atoms with Gasteiger partial charge in [-0.2, -0.15) is 0 Å². The minimum atomic E-state index is 0.353. The lowest BCUT2D eigenvalue weighted by molar-refractivity contribution is 0.415. The van der Waals surface area contributed by atoms with Crippen LogP contribution in [-0.4, -0.2) is 12.3 Å². The predicted octanol–water partition coefficient (Wildman–Crippen LogP) is 3.50. The van der Waals surface area contributed by atoms with Crippen molar-refractivity contribution in [1.29, 1.82) is 0 Å². The second-order valence-electron chi connectivity index (χ2n) is 4.39. The van der Waals surface area contributed by atoms with Gasteiger partial charge in [0.2, 0.25) is 0 Å². The summed E-state index contributed by atoms with van der Waals surface area (Å²) in [5.41, 5.74) is 8.46. The Bertz CT molecular complexity index is 726. The van der Waals surface area contributed by atoms with Gasteiger partial charge in [0.1, 0.15) is 11.5 Å². The molecule has 0 saturated carbocycles. The van der Waals surface area contributed by atoms with Crippen molar-refractivity contribution >= 4 is 5.82 Å². The predicted molar refractivity (Wildman–Crippen MR) is 75.3 cm³/mol. The van der Waals surface area contributed by atoms with Gasteiger partial charge in [-0.3, -0.25) is 0 Å². The SMILES string of the molecule is COc1ccc(-c2c(N)noc2-c2ccoc2C)cc1. The zero-order valence-corrected chi connectivity index (χ0v) is 11.2. The second kappa shape index (κ2) is 4.77. The summed E-state index contributed by atoms with van der Waals surface area (Å²) >= 11 is 0. The van der Waals surface area contributed by atoms with Crippen LogP contribution in [0.4, 0.5) is 5.82 Å². The smallest absolute Gasteiger partial charge is 0.180 e. The molecule has 0 amide bonds. The van der Waals surface area contributed by atoms with Crippen LogP contribution >= 0.6 is 0 Å². The molecule has 5 nitrogen and oxygen atoms in total. The first-order valence-electron chi connectivity index (χ1n) is 6.14. The van der Waals surface area contributed by atoms with Crippen molar-refractivity contribution in [2.45, 2.75) is 6.92 Å². The third kappa shape index (κ3) is 1.93. The lowest BCUT2D eigenvalue weighted by Gasteiger charge is -2.04. The van der Waals surface area contributed by atoms with Crippen LogP contribution in [0.25, 0.3) is 22.5 Å². The normalized spacial score (nSPS) is 10.7. The number of aromatic nitrogens is 1. The van der Waals surface area contributed by atoms with E-state index in [0.29, 0.717) is 11.6 Å². The van der Waals surface area contributed by atoms with E-state index in [-0.39, 0.29) is 0 Å². The summed E-state index contributed by atoms with van der Waals surface area (Å²) in [6.07, 6.45) is 1.61. The molecule has 0 unspecified atom stereocenters. The Morgan fingerprint density at radius 1 is 1.15 bits per heavy atom. The molecule has 5 heteroatoms. The molecule has 0 aliphatic rings.